The number of para-hydroxylation sites is 2. The molecule has 150 valence electrons. The normalized spacial score (nSPS) is 21.6. The fourth-order valence-corrected chi connectivity index (χ4v) is 6.06. The highest BCUT2D eigenvalue weighted by Gasteiger charge is 2.42. The first-order valence-corrected chi connectivity index (χ1v) is 11.3. The van der Waals surface area contributed by atoms with Crippen molar-refractivity contribution >= 4 is 27.9 Å². The van der Waals surface area contributed by atoms with Gasteiger partial charge in [-0.25, -0.2) is 0 Å². The Morgan fingerprint density at radius 1 is 0.806 bits per heavy atom. The molecule has 3 aromatic carbocycles. The van der Waals surface area contributed by atoms with Crippen LogP contribution in [0.3, 0.4) is 0 Å². The minimum absolute atomic E-state index is 0.412. The molecule has 2 heterocycles. The third kappa shape index (κ3) is 2.22. The maximum Gasteiger partial charge on any atom is 0.0616 e. The van der Waals surface area contributed by atoms with Gasteiger partial charge in [0.25, 0.3) is 0 Å². The summed E-state index contributed by atoms with van der Waals surface area (Å²) in [6, 6.07) is 24.8. The fourth-order valence-electron chi connectivity index (χ4n) is 6.06. The van der Waals surface area contributed by atoms with Gasteiger partial charge < -0.3 is 9.47 Å². The van der Waals surface area contributed by atoms with Crippen molar-refractivity contribution in [3.63, 3.8) is 0 Å². The first-order chi connectivity index (χ1) is 15.3. The Hall–Kier alpha value is -3.52. The van der Waals surface area contributed by atoms with E-state index in [4.69, 9.17) is 0 Å². The molecule has 0 bridgehead atoms. The molecule has 1 aliphatic heterocycles. The van der Waals surface area contributed by atoms with Crippen LogP contribution in [-0.2, 0) is 0 Å². The molecule has 7 rings (SSSR count). The average molecular weight is 401 g/mol. The standard InChI is InChI=1S/C29H24N2/c1-30-25-13-7-6-12-24(25)28-21-15-16-22-20-11-5-8-14-26(20)31(19-9-3-2-4-10-19)29(22)23(21)17-18-27(28)30/h2-5,8-18,27-28H,6-7H2,1H3. The van der Waals surface area contributed by atoms with Crippen LogP contribution in [0, 0.1) is 0 Å². The lowest BCUT2D eigenvalue weighted by Gasteiger charge is -2.28. The van der Waals surface area contributed by atoms with Crippen LogP contribution in [0.1, 0.15) is 29.9 Å². The van der Waals surface area contributed by atoms with Crippen molar-refractivity contribution in [3.8, 4) is 5.69 Å². The molecule has 4 aromatic rings. The molecule has 1 fully saturated rings. The Labute approximate surface area is 182 Å². The second kappa shape index (κ2) is 6.24. The molecule has 2 unspecified atom stereocenters. The summed E-state index contributed by atoms with van der Waals surface area (Å²) in [6.07, 6.45) is 12.0. The van der Waals surface area contributed by atoms with E-state index in [-0.39, 0.29) is 0 Å². The van der Waals surface area contributed by atoms with Gasteiger partial charge in [0.15, 0.2) is 0 Å². The first kappa shape index (κ1) is 17.2. The molecular weight excluding hydrogens is 376 g/mol. The van der Waals surface area contributed by atoms with E-state index in [2.05, 4.69) is 108 Å². The smallest absolute Gasteiger partial charge is 0.0616 e. The van der Waals surface area contributed by atoms with Crippen LogP contribution in [0.5, 0.6) is 0 Å². The van der Waals surface area contributed by atoms with Crippen molar-refractivity contribution in [2.75, 3.05) is 7.05 Å². The molecule has 2 heteroatoms. The van der Waals surface area contributed by atoms with Crippen molar-refractivity contribution in [1.29, 1.82) is 0 Å². The molecule has 1 aromatic heterocycles. The Kier molecular flexibility index (Phi) is 3.46. The van der Waals surface area contributed by atoms with E-state index < -0.39 is 0 Å². The van der Waals surface area contributed by atoms with Gasteiger partial charge in [-0.3, -0.25) is 0 Å². The van der Waals surface area contributed by atoms with Gasteiger partial charge in [-0.1, -0.05) is 72.8 Å². The van der Waals surface area contributed by atoms with Gasteiger partial charge in [-0.15, -0.1) is 0 Å². The first-order valence-electron chi connectivity index (χ1n) is 11.3. The average Bonchev–Trinajstić information content (AvgIpc) is 3.33. The molecule has 3 aliphatic rings. The lowest BCUT2D eigenvalue weighted by molar-refractivity contribution is 0.387. The van der Waals surface area contributed by atoms with Crippen molar-refractivity contribution < 1.29 is 0 Å². The number of aromatic nitrogens is 1. The summed E-state index contributed by atoms with van der Waals surface area (Å²) in [5.74, 6) is 0.420. The van der Waals surface area contributed by atoms with E-state index in [1.165, 1.54) is 49.9 Å². The van der Waals surface area contributed by atoms with Gasteiger partial charge in [0.05, 0.1) is 17.1 Å². The summed E-state index contributed by atoms with van der Waals surface area (Å²) in [4.78, 5) is 2.48. The number of nitrogens with zero attached hydrogens (tertiary/aromatic N) is 2. The Morgan fingerprint density at radius 2 is 1.61 bits per heavy atom. The number of hydrogen-bond donors (Lipinski definition) is 0. The molecular formula is C29H24N2. The minimum atomic E-state index is 0.412. The summed E-state index contributed by atoms with van der Waals surface area (Å²) in [7, 11) is 2.25. The molecule has 1 saturated heterocycles. The van der Waals surface area contributed by atoms with Crippen LogP contribution in [0.25, 0.3) is 33.6 Å². The van der Waals surface area contributed by atoms with Crippen LogP contribution in [0.4, 0.5) is 0 Å². The lowest BCUT2D eigenvalue weighted by atomic mass is 9.79. The number of hydrogen-bond acceptors (Lipinski definition) is 1. The van der Waals surface area contributed by atoms with Crippen LogP contribution < -0.4 is 0 Å². The topological polar surface area (TPSA) is 8.17 Å². The molecule has 2 atom stereocenters. The summed E-state index contributed by atoms with van der Waals surface area (Å²) in [6.45, 7) is 0. The van der Waals surface area contributed by atoms with Gasteiger partial charge in [0.1, 0.15) is 0 Å². The van der Waals surface area contributed by atoms with Gasteiger partial charge in [-0.05, 0) is 42.2 Å². The highest BCUT2D eigenvalue weighted by molar-refractivity contribution is 6.12. The zero-order chi connectivity index (χ0) is 20.5. The summed E-state index contributed by atoms with van der Waals surface area (Å²) < 4.78 is 2.46. The second-order valence-electron chi connectivity index (χ2n) is 8.92. The van der Waals surface area contributed by atoms with Crippen molar-refractivity contribution in [2.45, 2.75) is 24.8 Å². The van der Waals surface area contributed by atoms with Crippen LogP contribution in [0.2, 0.25) is 0 Å². The predicted octanol–water partition coefficient (Wildman–Crippen LogP) is 6.81. The zero-order valence-corrected chi connectivity index (χ0v) is 17.6. The Morgan fingerprint density at radius 3 is 2.52 bits per heavy atom. The second-order valence-corrected chi connectivity index (χ2v) is 8.92. The molecule has 0 saturated carbocycles. The molecule has 0 N–H and O–H groups in total. The summed E-state index contributed by atoms with van der Waals surface area (Å²) >= 11 is 0. The number of likely N-dealkylation sites (tertiary alicyclic amines) is 1. The highest BCUT2D eigenvalue weighted by Crippen LogP contribution is 2.51. The number of likely N-dealkylation sites (N-methyl/N-ethyl adjacent to an activating group) is 1. The van der Waals surface area contributed by atoms with Crippen LogP contribution >= 0.6 is 0 Å². The number of fused-ring (bicyclic) bond motifs is 9. The van der Waals surface area contributed by atoms with E-state index in [0.29, 0.717) is 12.0 Å². The fraction of sp³-hybridized carbons (Fsp3) is 0.172. The van der Waals surface area contributed by atoms with Crippen molar-refractivity contribution in [1.82, 2.24) is 9.47 Å². The van der Waals surface area contributed by atoms with Crippen LogP contribution in [0.15, 0.2) is 96.2 Å². The van der Waals surface area contributed by atoms with Crippen molar-refractivity contribution in [3.05, 3.63) is 107 Å². The third-order valence-electron chi connectivity index (χ3n) is 7.39. The van der Waals surface area contributed by atoms with E-state index >= 15 is 0 Å². The van der Waals surface area contributed by atoms with Gasteiger partial charge in [-0.2, -0.15) is 0 Å². The van der Waals surface area contributed by atoms with Gasteiger partial charge in [0.2, 0.25) is 0 Å². The number of rotatable bonds is 1. The molecule has 0 spiro atoms. The largest absolute Gasteiger partial charge is 0.367 e. The molecule has 0 amide bonds. The van der Waals surface area contributed by atoms with E-state index in [9.17, 15) is 0 Å². The van der Waals surface area contributed by atoms with Crippen molar-refractivity contribution in [2.24, 2.45) is 0 Å². The van der Waals surface area contributed by atoms with Gasteiger partial charge >= 0.3 is 0 Å². The minimum Gasteiger partial charge on any atom is -0.367 e. The Bertz CT molecular complexity index is 1450. The van der Waals surface area contributed by atoms with E-state index in [0.717, 1.165) is 12.8 Å². The van der Waals surface area contributed by atoms with Gasteiger partial charge in [0, 0.05) is 40.7 Å². The SMILES string of the molecule is CN1C2=CCCC=C2C2c3ccc4c5ccccc5n(-c5ccccc5)c4c3C=CC21. The molecule has 2 nitrogen and oxygen atoms in total. The maximum absolute atomic E-state index is 2.48. The molecule has 2 aliphatic carbocycles. The Balaban J connectivity index is 1.58. The predicted molar refractivity (Wildman–Crippen MR) is 130 cm³/mol. The zero-order valence-electron chi connectivity index (χ0n) is 17.6. The lowest BCUT2D eigenvalue weighted by Crippen LogP contribution is -2.27. The molecule has 31 heavy (non-hydrogen) atoms. The quantitative estimate of drug-likeness (QED) is 0.341. The number of benzene rings is 3. The van der Waals surface area contributed by atoms with Crippen LogP contribution in [-0.4, -0.2) is 22.6 Å². The summed E-state index contributed by atoms with van der Waals surface area (Å²) in [5.41, 5.74) is 9.61. The van der Waals surface area contributed by atoms with E-state index in [1.54, 1.807) is 0 Å². The monoisotopic (exact) mass is 400 g/mol. The maximum atomic E-state index is 2.48. The molecule has 0 radical (unpaired) electrons. The summed E-state index contributed by atoms with van der Waals surface area (Å²) in [5, 5.41) is 2.65. The number of allylic oxidation sites excluding steroid dienone is 3. The third-order valence-corrected chi connectivity index (χ3v) is 7.39. The highest BCUT2D eigenvalue weighted by atomic mass is 15.2. The van der Waals surface area contributed by atoms with E-state index in [1.807, 2.05) is 0 Å².